The molecule has 0 atom stereocenters. The molecular weight excluding hydrogens is 412 g/mol. The van der Waals surface area contributed by atoms with Gasteiger partial charge in [-0.25, -0.2) is 13.1 Å². The molecule has 2 aromatic heterocycles. The number of anilines is 1. The van der Waals surface area contributed by atoms with Crippen LogP contribution in [0.15, 0.2) is 58.0 Å². The molecule has 29 heavy (non-hydrogen) atoms. The van der Waals surface area contributed by atoms with Gasteiger partial charge in [0.15, 0.2) is 5.76 Å². The van der Waals surface area contributed by atoms with Crippen molar-refractivity contribution in [3.05, 3.63) is 69.8 Å². The molecule has 152 valence electrons. The van der Waals surface area contributed by atoms with E-state index in [1.807, 2.05) is 0 Å². The zero-order valence-corrected chi connectivity index (χ0v) is 17.5. The number of carbonyl (C=O) groups is 2. The van der Waals surface area contributed by atoms with Gasteiger partial charge >= 0.3 is 0 Å². The van der Waals surface area contributed by atoms with Crippen LogP contribution in [0.25, 0.3) is 0 Å². The molecule has 0 radical (unpaired) electrons. The van der Waals surface area contributed by atoms with E-state index in [0.29, 0.717) is 27.4 Å². The van der Waals surface area contributed by atoms with Gasteiger partial charge in [0.1, 0.15) is 0 Å². The first-order valence-corrected chi connectivity index (χ1v) is 11.2. The highest BCUT2D eigenvalue weighted by molar-refractivity contribution is 7.89. The number of aryl methyl sites for hydroxylation is 1. The lowest BCUT2D eigenvalue weighted by atomic mass is 10.2. The Morgan fingerprint density at radius 1 is 1.14 bits per heavy atom. The van der Waals surface area contributed by atoms with E-state index in [2.05, 4.69) is 10.0 Å². The number of thiophene rings is 1. The Labute approximate surface area is 172 Å². The first kappa shape index (κ1) is 21.0. The van der Waals surface area contributed by atoms with Crippen LogP contribution in [0.5, 0.6) is 0 Å². The fraction of sp³-hybridized carbons (Fsp3) is 0.200. The summed E-state index contributed by atoms with van der Waals surface area (Å²) in [4.78, 5) is 25.1. The number of hydrogen-bond donors (Lipinski definition) is 2. The summed E-state index contributed by atoms with van der Waals surface area (Å²) in [6.07, 6.45) is 1.77. The third-order valence-corrected chi connectivity index (χ3v) is 6.78. The van der Waals surface area contributed by atoms with Gasteiger partial charge in [0.05, 0.1) is 16.0 Å². The van der Waals surface area contributed by atoms with Crippen molar-refractivity contribution in [1.29, 1.82) is 0 Å². The molecule has 3 aromatic rings. The van der Waals surface area contributed by atoms with Crippen LogP contribution in [0, 0.1) is 6.92 Å². The van der Waals surface area contributed by atoms with Crippen molar-refractivity contribution in [2.24, 2.45) is 0 Å². The number of benzene rings is 1. The van der Waals surface area contributed by atoms with E-state index in [9.17, 15) is 18.0 Å². The van der Waals surface area contributed by atoms with Gasteiger partial charge in [-0.2, -0.15) is 0 Å². The van der Waals surface area contributed by atoms with Gasteiger partial charge in [0.25, 0.3) is 0 Å². The topological polar surface area (TPSA) is 105 Å². The molecule has 9 heteroatoms. The highest BCUT2D eigenvalue weighted by Crippen LogP contribution is 2.23. The molecule has 0 spiro atoms. The smallest absolute Gasteiger partial charge is 0.241 e. The summed E-state index contributed by atoms with van der Waals surface area (Å²) in [6.45, 7) is 3.47. The Kier molecular flexibility index (Phi) is 6.31. The predicted molar refractivity (Wildman–Crippen MR) is 111 cm³/mol. The molecule has 0 saturated carbocycles. The standard InChI is InChI=1S/C20H20N2O5S2/c1-3-19(23)22-14-6-9-18(13(2)11-14)29(25,26)21-12-15-7-8-17(28-15)20(24)16-5-4-10-27-16/h4-11,21H,3,12H2,1-2H3,(H,22,23). The number of amides is 1. The van der Waals surface area contributed by atoms with Crippen LogP contribution in [-0.2, 0) is 21.4 Å². The highest BCUT2D eigenvalue weighted by Gasteiger charge is 2.19. The third-order valence-electron chi connectivity index (χ3n) is 4.14. The van der Waals surface area contributed by atoms with Crippen LogP contribution in [0.1, 0.15) is 39.2 Å². The van der Waals surface area contributed by atoms with Gasteiger partial charge in [0.2, 0.25) is 21.7 Å². The van der Waals surface area contributed by atoms with Crippen molar-refractivity contribution in [1.82, 2.24) is 4.72 Å². The minimum Gasteiger partial charge on any atom is -0.461 e. The number of carbonyl (C=O) groups excluding carboxylic acids is 2. The van der Waals surface area contributed by atoms with Gasteiger partial charge < -0.3 is 9.73 Å². The van der Waals surface area contributed by atoms with Gasteiger partial charge in [-0.05, 0) is 55.0 Å². The average molecular weight is 433 g/mol. The van der Waals surface area contributed by atoms with E-state index in [4.69, 9.17) is 4.42 Å². The molecule has 0 aliphatic rings. The fourth-order valence-corrected chi connectivity index (χ4v) is 4.86. The molecule has 0 aliphatic carbocycles. The van der Waals surface area contributed by atoms with Crippen LogP contribution in [0.2, 0.25) is 0 Å². The summed E-state index contributed by atoms with van der Waals surface area (Å²) in [6, 6.07) is 11.2. The maximum Gasteiger partial charge on any atom is 0.241 e. The van der Waals surface area contributed by atoms with Gasteiger partial charge in [-0.15, -0.1) is 11.3 Å². The summed E-state index contributed by atoms with van der Waals surface area (Å²) in [5.41, 5.74) is 1.07. The summed E-state index contributed by atoms with van der Waals surface area (Å²) in [5.74, 6) is -0.143. The number of hydrogen-bond acceptors (Lipinski definition) is 6. The Morgan fingerprint density at radius 2 is 1.93 bits per heavy atom. The lowest BCUT2D eigenvalue weighted by Crippen LogP contribution is -2.23. The van der Waals surface area contributed by atoms with Crippen LogP contribution >= 0.6 is 11.3 Å². The normalized spacial score (nSPS) is 11.4. The van der Waals surface area contributed by atoms with Crippen molar-refractivity contribution in [2.45, 2.75) is 31.7 Å². The first-order valence-electron chi connectivity index (χ1n) is 8.87. The SMILES string of the molecule is CCC(=O)Nc1ccc(S(=O)(=O)NCc2ccc(C(=O)c3ccco3)s2)c(C)c1. The van der Waals surface area contributed by atoms with Crippen LogP contribution in [0.3, 0.4) is 0 Å². The predicted octanol–water partition coefficient (Wildman–Crippen LogP) is 3.71. The number of nitrogens with one attached hydrogen (secondary N) is 2. The minimum absolute atomic E-state index is 0.0617. The van der Waals surface area contributed by atoms with Crippen molar-refractivity contribution >= 4 is 38.7 Å². The van der Waals surface area contributed by atoms with Crippen molar-refractivity contribution in [3.8, 4) is 0 Å². The minimum atomic E-state index is -3.75. The molecule has 0 fully saturated rings. The molecule has 2 heterocycles. The molecule has 3 rings (SSSR count). The van der Waals surface area contributed by atoms with E-state index in [1.54, 1.807) is 50.2 Å². The molecule has 1 aromatic carbocycles. The second-order valence-corrected chi connectivity index (χ2v) is 9.18. The maximum absolute atomic E-state index is 12.7. The summed E-state index contributed by atoms with van der Waals surface area (Å²) in [7, 11) is -3.75. The Bertz CT molecular complexity index is 1130. The summed E-state index contributed by atoms with van der Waals surface area (Å²) < 4.78 is 33.0. The van der Waals surface area contributed by atoms with Crippen molar-refractivity contribution in [2.75, 3.05) is 5.32 Å². The Balaban J connectivity index is 1.69. The molecule has 2 N–H and O–H groups in total. The van der Waals surface area contributed by atoms with Crippen molar-refractivity contribution in [3.63, 3.8) is 0 Å². The third kappa shape index (κ3) is 5.00. The maximum atomic E-state index is 12.7. The molecule has 0 unspecified atom stereocenters. The van der Waals surface area contributed by atoms with Gasteiger partial charge in [-0.1, -0.05) is 6.92 Å². The molecule has 7 nitrogen and oxygen atoms in total. The van der Waals surface area contributed by atoms with E-state index in [0.717, 1.165) is 0 Å². The number of ketones is 1. The van der Waals surface area contributed by atoms with E-state index < -0.39 is 10.0 Å². The molecule has 0 aliphatic heterocycles. The van der Waals surface area contributed by atoms with E-state index >= 15 is 0 Å². The molecule has 0 saturated heterocycles. The second kappa shape index (κ2) is 8.73. The zero-order valence-electron chi connectivity index (χ0n) is 15.9. The summed E-state index contributed by atoms with van der Waals surface area (Å²) in [5, 5.41) is 2.70. The lowest BCUT2D eigenvalue weighted by molar-refractivity contribution is -0.115. The molecular formula is C20H20N2O5S2. The van der Waals surface area contributed by atoms with Crippen LogP contribution < -0.4 is 10.0 Å². The Morgan fingerprint density at radius 3 is 2.59 bits per heavy atom. The van der Waals surface area contributed by atoms with Crippen molar-refractivity contribution < 1.29 is 22.4 Å². The molecule has 1 amide bonds. The number of sulfonamides is 1. The monoisotopic (exact) mass is 432 g/mol. The highest BCUT2D eigenvalue weighted by atomic mass is 32.2. The van der Waals surface area contributed by atoms with E-state index in [1.165, 1.54) is 23.7 Å². The number of rotatable bonds is 8. The van der Waals surface area contributed by atoms with Gasteiger partial charge in [0, 0.05) is 23.5 Å². The molecule has 0 bridgehead atoms. The van der Waals surface area contributed by atoms with Crippen LogP contribution in [0.4, 0.5) is 5.69 Å². The zero-order chi connectivity index (χ0) is 21.0. The first-order chi connectivity index (χ1) is 13.8. The number of furan rings is 1. The summed E-state index contributed by atoms with van der Waals surface area (Å²) >= 11 is 1.21. The second-order valence-electron chi connectivity index (χ2n) is 6.28. The van der Waals surface area contributed by atoms with Gasteiger partial charge in [-0.3, -0.25) is 9.59 Å². The largest absolute Gasteiger partial charge is 0.461 e. The van der Waals surface area contributed by atoms with E-state index in [-0.39, 0.29) is 28.9 Å². The lowest BCUT2D eigenvalue weighted by Gasteiger charge is -2.11. The fourth-order valence-electron chi connectivity index (χ4n) is 2.65. The quantitative estimate of drug-likeness (QED) is 0.528. The van der Waals surface area contributed by atoms with Crippen LogP contribution in [-0.4, -0.2) is 20.1 Å². The Hall–Kier alpha value is -2.75. The average Bonchev–Trinajstić information content (AvgIpc) is 3.38.